The molecule has 0 bridgehead atoms. The molecule has 18 heavy (non-hydrogen) atoms. The molecule has 0 heterocycles. The molecule has 2 aromatic rings. The van der Waals surface area contributed by atoms with Gasteiger partial charge >= 0.3 is 6.04 Å². The predicted octanol–water partition coefficient (Wildman–Crippen LogP) is 3.37. The van der Waals surface area contributed by atoms with Crippen molar-refractivity contribution >= 4 is 11.7 Å². The maximum atomic E-state index is 12.8. The fourth-order valence-corrected chi connectivity index (χ4v) is 1.66. The molecule has 4 nitrogen and oxygen atoms in total. The monoisotopic (exact) mass is 245 g/mol. The molecule has 0 radical (unpaired) electrons. The molecule has 0 fully saturated rings. The Morgan fingerprint density at radius 1 is 1.06 bits per heavy atom. The molecule has 0 aliphatic carbocycles. The van der Waals surface area contributed by atoms with Gasteiger partial charge in [-0.05, 0) is 23.3 Å². The number of carbonyl (C=O) groups is 1. The molecule has 5 heteroatoms. The van der Waals surface area contributed by atoms with Gasteiger partial charge in [0.15, 0.2) is 0 Å². The number of benzene rings is 2. The Hall–Kier alpha value is -2.56. The number of nitrogens with zero attached hydrogens (tertiary/aromatic N) is 1. The maximum absolute atomic E-state index is 12.8. The first kappa shape index (κ1) is 11.9. The van der Waals surface area contributed by atoms with E-state index in [1.54, 1.807) is 24.3 Å². The Bertz CT molecular complexity index is 611. The average molecular weight is 245 g/mol. The highest BCUT2D eigenvalue weighted by Crippen LogP contribution is 2.27. The number of nitro benzene ring substituents is 1. The Morgan fingerprint density at radius 3 is 2.28 bits per heavy atom. The lowest BCUT2D eigenvalue weighted by Gasteiger charge is -2.03. The van der Waals surface area contributed by atoms with Crippen LogP contribution in [0.5, 0.6) is 0 Å². The lowest BCUT2D eigenvalue weighted by atomic mass is 10.0. The molecular weight excluding hydrogens is 237 g/mol. The van der Waals surface area contributed by atoms with Crippen LogP contribution in [0.4, 0.5) is 10.1 Å². The van der Waals surface area contributed by atoms with E-state index >= 15 is 0 Å². The first-order valence-corrected chi connectivity index (χ1v) is 5.13. The van der Waals surface area contributed by atoms with Crippen LogP contribution in [0.25, 0.3) is 11.1 Å². The largest absolute Gasteiger partial charge is 0.339 e. The van der Waals surface area contributed by atoms with Gasteiger partial charge in [0.1, 0.15) is 5.56 Å². The van der Waals surface area contributed by atoms with Crippen LogP contribution in [-0.2, 0) is 0 Å². The van der Waals surface area contributed by atoms with Crippen molar-refractivity contribution in [1.29, 1.82) is 0 Å². The van der Waals surface area contributed by atoms with Crippen molar-refractivity contribution in [2.75, 3.05) is 0 Å². The maximum Gasteiger partial charge on any atom is 0.339 e. The van der Waals surface area contributed by atoms with Gasteiger partial charge in [-0.3, -0.25) is 14.9 Å². The summed E-state index contributed by atoms with van der Waals surface area (Å²) < 4.78 is 12.8. The van der Waals surface area contributed by atoms with Gasteiger partial charge in [0.2, 0.25) is 0 Å². The number of hydrogen-bond donors (Lipinski definition) is 0. The molecule has 0 unspecified atom stereocenters. The molecule has 0 atom stereocenters. The van der Waals surface area contributed by atoms with Gasteiger partial charge in [-0.25, -0.2) is 0 Å². The van der Waals surface area contributed by atoms with E-state index in [4.69, 9.17) is 0 Å². The summed E-state index contributed by atoms with van der Waals surface area (Å²) >= 11 is 0. The molecule has 0 aliphatic rings. The van der Waals surface area contributed by atoms with Gasteiger partial charge in [0.05, 0.1) is 4.92 Å². The molecule has 0 aliphatic heterocycles. The first-order valence-electron chi connectivity index (χ1n) is 5.13. The van der Waals surface area contributed by atoms with Gasteiger partial charge in [-0.2, -0.15) is 4.39 Å². The zero-order valence-electron chi connectivity index (χ0n) is 9.17. The highest BCUT2D eigenvalue weighted by atomic mass is 19.1. The molecule has 0 amide bonds. The number of halogens is 1. The smallest absolute Gasteiger partial charge is 0.258 e. The molecule has 0 saturated carbocycles. The summed E-state index contributed by atoms with van der Waals surface area (Å²) in [5.74, 6) is 0. The Morgan fingerprint density at radius 2 is 1.72 bits per heavy atom. The fraction of sp³-hybridized carbons (Fsp3) is 0. The second-order valence-electron chi connectivity index (χ2n) is 3.63. The van der Waals surface area contributed by atoms with Crippen LogP contribution in [0.3, 0.4) is 0 Å². The summed E-state index contributed by atoms with van der Waals surface area (Å²) in [6.07, 6.45) is 0. The van der Waals surface area contributed by atoms with Crippen LogP contribution in [0, 0.1) is 10.1 Å². The third kappa shape index (κ3) is 2.24. The van der Waals surface area contributed by atoms with Crippen molar-refractivity contribution < 1.29 is 14.1 Å². The standard InChI is InChI=1S/C13H8FNO3/c14-13(16)11-8-10(6-7-12(11)15(17)18)9-4-2-1-3-5-9/h1-8H. The highest BCUT2D eigenvalue weighted by molar-refractivity contribution is 5.94. The number of hydrogen-bond acceptors (Lipinski definition) is 3. The van der Waals surface area contributed by atoms with Crippen molar-refractivity contribution in [3.63, 3.8) is 0 Å². The molecule has 2 rings (SSSR count). The number of carbonyl (C=O) groups excluding carboxylic acids is 1. The van der Waals surface area contributed by atoms with Crippen molar-refractivity contribution in [3.8, 4) is 11.1 Å². The summed E-state index contributed by atoms with van der Waals surface area (Å²) in [6.45, 7) is 0. The minimum absolute atomic E-state index is 0.526. The van der Waals surface area contributed by atoms with E-state index < -0.39 is 22.2 Å². The number of rotatable bonds is 3. The lowest BCUT2D eigenvalue weighted by Crippen LogP contribution is -1.99. The summed E-state index contributed by atoms with van der Waals surface area (Å²) in [5.41, 5.74) is 0.264. The predicted molar refractivity (Wildman–Crippen MR) is 64.0 cm³/mol. The molecule has 0 N–H and O–H groups in total. The van der Waals surface area contributed by atoms with Crippen LogP contribution in [0.15, 0.2) is 48.5 Å². The highest BCUT2D eigenvalue weighted by Gasteiger charge is 2.20. The minimum atomic E-state index is -1.81. The Balaban J connectivity index is 2.57. The van der Waals surface area contributed by atoms with Crippen LogP contribution < -0.4 is 0 Å². The van der Waals surface area contributed by atoms with Gasteiger partial charge < -0.3 is 0 Å². The molecular formula is C13H8FNO3. The van der Waals surface area contributed by atoms with Crippen molar-refractivity contribution in [2.24, 2.45) is 0 Å². The minimum Gasteiger partial charge on any atom is -0.258 e. The van der Waals surface area contributed by atoms with Crippen molar-refractivity contribution in [3.05, 3.63) is 64.2 Å². The van der Waals surface area contributed by atoms with Gasteiger partial charge in [-0.15, -0.1) is 0 Å². The van der Waals surface area contributed by atoms with Crippen LogP contribution in [-0.4, -0.2) is 11.0 Å². The summed E-state index contributed by atoms with van der Waals surface area (Å²) in [7, 11) is 0. The van der Waals surface area contributed by atoms with Crippen molar-refractivity contribution in [1.82, 2.24) is 0 Å². The lowest BCUT2D eigenvalue weighted by molar-refractivity contribution is -0.385. The third-order valence-electron chi connectivity index (χ3n) is 2.51. The second-order valence-corrected chi connectivity index (χ2v) is 3.63. The molecule has 0 saturated heterocycles. The fourth-order valence-electron chi connectivity index (χ4n) is 1.66. The van der Waals surface area contributed by atoms with E-state index in [-0.39, 0.29) is 0 Å². The topological polar surface area (TPSA) is 60.2 Å². The quantitative estimate of drug-likeness (QED) is 0.473. The SMILES string of the molecule is O=C(F)c1cc(-c2ccccc2)ccc1[N+](=O)[O-]. The average Bonchev–Trinajstić information content (AvgIpc) is 2.39. The van der Waals surface area contributed by atoms with E-state index in [1.807, 2.05) is 6.07 Å². The summed E-state index contributed by atoms with van der Waals surface area (Å²) in [4.78, 5) is 20.7. The molecule has 0 spiro atoms. The molecule has 90 valence electrons. The molecule has 2 aromatic carbocycles. The number of nitro groups is 1. The van der Waals surface area contributed by atoms with Crippen molar-refractivity contribution in [2.45, 2.75) is 0 Å². The van der Waals surface area contributed by atoms with E-state index in [0.717, 1.165) is 11.6 Å². The normalized spacial score (nSPS) is 10.1. The van der Waals surface area contributed by atoms with E-state index in [2.05, 4.69) is 0 Å². The zero-order chi connectivity index (χ0) is 13.1. The summed E-state index contributed by atoms with van der Waals surface area (Å²) in [6, 6.07) is 10.9. The Labute approximate surface area is 102 Å². The van der Waals surface area contributed by atoms with E-state index in [1.165, 1.54) is 12.1 Å². The van der Waals surface area contributed by atoms with Crippen LogP contribution in [0.2, 0.25) is 0 Å². The first-order chi connectivity index (χ1) is 8.59. The zero-order valence-corrected chi connectivity index (χ0v) is 9.17. The third-order valence-corrected chi connectivity index (χ3v) is 2.51. The molecule has 0 aromatic heterocycles. The van der Waals surface area contributed by atoms with E-state index in [9.17, 15) is 19.3 Å². The van der Waals surface area contributed by atoms with Crippen LogP contribution >= 0.6 is 0 Å². The second kappa shape index (κ2) is 4.75. The van der Waals surface area contributed by atoms with Gasteiger partial charge in [-0.1, -0.05) is 30.3 Å². The van der Waals surface area contributed by atoms with Gasteiger partial charge in [0.25, 0.3) is 5.69 Å². The Kier molecular flexibility index (Phi) is 3.14. The summed E-state index contributed by atoms with van der Waals surface area (Å²) in [5, 5.41) is 10.7. The van der Waals surface area contributed by atoms with Gasteiger partial charge in [0, 0.05) is 6.07 Å². The van der Waals surface area contributed by atoms with E-state index in [0.29, 0.717) is 5.56 Å². The van der Waals surface area contributed by atoms with Crippen LogP contribution in [0.1, 0.15) is 10.4 Å².